The van der Waals surface area contributed by atoms with Crippen LogP contribution in [0.5, 0.6) is 0 Å². The maximum absolute atomic E-state index is 10.0. The zero-order valence-corrected chi connectivity index (χ0v) is 5.51. The van der Waals surface area contributed by atoms with Gasteiger partial charge in [0.1, 0.15) is 16.9 Å². The smallest absolute Gasteiger partial charge is 0.193 e. The number of rotatable bonds is 1. The van der Waals surface area contributed by atoms with Gasteiger partial charge in [0, 0.05) is 0 Å². The molecule has 0 bridgehead atoms. The highest BCUT2D eigenvalue weighted by Crippen LogP contribution is 2.06. The summed E-state index contributed by atoms with van der Waals surface area (Å²) in [6.45, 7) is 0. The molecule has 0 amide bonds. The molecule has 0 saturated carbocycles. The highest BCUT2D eigenvalue weighted by Gasteiger charge is 2.05. The van der Waals surface area contributed by atoms with E-state index < -0.39 is 5.97 Å². The Morgan fingerprint density at radius 3 is 2.78 bits per heavy atom. The van der Waals surface area contributed by atoms with E-state index in [4.69, 9.17) is 0 Å². The van der Waals surface area contributed by atoms with Crippen molar-refractivity contribution in [3.63, 3.8) is 0 Å². The van der Waals surface area contributed by atoms with E-state index in [9.17, 15) is 9.90 Å². The molecule has 0 radical (unpaired) electrons. The number of nitrogens with zero attached hydrogens (tertiary/aromatic N) is 2. The van der Waals surface area contributed by atoms with E-state index >= 15 is 0 Å². The highest BCUT2D eigenvalue weighted by molar-refractivity contribution is 7.22. The van der Waals surface area contributed by atoms with Crippen LogP contribution in [-0.2, 0) is 6.26 Å². The minimum atomic E-state index is -1.25. The van der Waals surface area contributed by atoms with Crippen LogP contribution >= 0.6 is 10.7 Å². The van der Waals surface area contributed by atoms with Crippen LogP contribution in [0.2, 0.25) is 0 Å². The van der Waals surface area contributed by atoms with E-state index in [0.29, 0.717) is 0 Å². The molecular weight excluding hydrogens is 140 g/mol. The molecule has 0 aromatic carbocycles. The Labute approximate surface area is 54.3 Å². The second-order valence-electron chi connectivity index (χ2n) is 1.50. The van der Waals surface area contributed by atoms with Gasteiger partial charge >= 0.3 is 0 Å². The molecule has 0 fully saturated rings. The topological polar surface area (TPSA) is 65.9 Å². The van der Waals surface area contributed by atoms with Gasteiger partial charge in [0.2, 0.25) is 0 Å². The van der Waals surface area contributed by atoms with E-state index in [-0.39, 0.29) is 16.4 Å². The van der Waals surface area contributed by atoms with Gasteiger partial charge in [-0.05, 0) is 0 Å². The predicted molar refractivity (Wildman–Crippen MR) is 29.8 cm³/mol. The number of carboxylic acids is 1. The normalized spacial score (nSPS) is 11.4. The molecule has 1 heterocycles. The molecule has 0 saturated heterocycles. The number of carbonyl (C=O) groups excluding carboxylic acids is 1. The van der Waals surface area contributed by atoms with Crippen molar-refractivity contribution in [1.29, 1.82) is 0 Å². The van der Waals surface area contributed by atoms with Crippen LogP contribution in [0.25, 0.3) is 0 Å². The Kier molecular flexibility index (Phi) is 1.44. The van der Waals surface area contributed by atoms with Crippen LogP contribution in [0, 0.1) is 0 Å². The van der Waals surface area contributed by atoms with Crippen LogP contribution in [0.4, 0.5) is 0 Å². The van der Waals surface area contributed by atoms with Crippen molar-refractivity contribution < 1.29 is 9.90 Å². The Balaban J connectivity index is 2.98. The summed E-state index contributed by atoms with van der Waals surface area (Å²) in [5.74, 6) is -1.25. The third-order valence-electron chi connectivity index (χ3n) is 0.769. The summed E-state index contributed by atoms with van der Waals surface area (Å²) in [5.41, 5.74) is -0.0548. The third-order valence-corrected chi connectivity index (χ3v) is 1.67. The minimum absolute atomic E-state index is 0.0548. The summed E-state index contributed by atoms with van der Waals surface area (Å²) in [7, 11) is -0.348. The number of carbonyl (C=O) groups is 1. The van der Waals surface area contributed by atoms with Crippen LogP contribution in [-0.4, -0.2) is 15.6 Å². The van der Waals surface area contributed by atoms with Gasteiger partial charge < -0.3 is 9.90 Å². The number of hydrogen-bond acceptors (Lipinski definition) is 4. The second kappa shape index (κ2) is 2.10. The Morgan fingerprint density at radius 2 is 2.56 bits per heavy atom. The van der Waals surface area contributed by atoms with Gasteiger partial charge in [-0.3, -0.25) is 0 Å². The second-order valence-corrected chi connectivity index (χ2v) is 2.94. The maximum atomic E-state index is 10.0. The molecule has 1 rings (SSSR count). The van der Waals surface area contributed by atoms with E-state index in [1.54, 1.807) is 6.26 Å². The van der Waals surface area contributed by atoms with Crippen LogP contribution in [0.15, 0.2) is 5.38 Å². The first-order valence-electron chi connectivity index (χ1n) is 2.20. The van der Waals surface area contributed by atoms with Gasteiger partial charge in [0.15, 0.2) is 11.1 Å². The van der Waals surface area contributed by atoms with Crippen molar-refractivity contribution in [2.24, 2.45) is 6.26 Å². The van der Waals surface area contributed by atoms with Crippen molar-refractivity contribution in [3.8, 4) is 0 Å². The molecule has 0 aliphatic heterocycles. The maximum Gasteiger partial charge on any atom is 0.193 e. The summed E-state index contributed by atoms with van der Waals surface area (Å²) >= 11 is 0. The van der Waals surface area contributed by atoms with Crippen molar-refractivity contribution >= 4 is 16.6 Å². The molecule has 1 aromatic heterocycles. The van der Waals surface area contributed by atoms with Gasteiger partial charge in [-0.1, -0.05) is 5.10 Å². The fraction of sp³-hybridized carbons (Fsp3) is 0.250. The molecule has 4 nitrogen and oxygen atoms in total. The van der Waals surface area contributed by atoms with Crippen LogP contribution in [0.3, 0.4) is 0 Å². The molecular formula is C4H4N2O2S. The summed E-state index contributed by atoms with van der Waals surface area (Å²) < 4.78 is 3.58. The Hall–Kier alpha value is -0.970. The molecule has 48 valence electrons. The fourth-order valence-corrected chi connectivity index (χ4v) is 1.14. The summed E-state index contributed by atoms with van der Waals surface area (Å²) in [6.07, 6.45) is 1.78. The van der Waals surface area contributed by atoms with Crippen LogP contribution < -0.4 is 5.11 Å². The molecule has 1 aromatic rings. The Bertz CT molecular complexity index is 232. The number of hydrogen-bond donors (Lipinski definition) is 0. The molecule has 0 spiro atoms. The minimum Gasteiger partial charge on any atom is -0.543 e. The molecule has 9 heavy (non-hydrogen) atoms. The van der Waals surface area contributed by atoms with Gasteiger partial charge in [0.25, 0.3) is 0 Å². The standard InChI is InChI=1S/C4H4N2O2S/c1-9-2-3(4(7)8)5-6-9/h2H,1H3. The van der Waals surface area contributed by atoms with Crippen LogP contribution in [0.1, 0.15) is 10.5 Å². The number of aryl methyl sites for hydroxylation is 1. The first kappa shape index (κ1) is 6.15. The first-order chi connectivity index (χ1) is 4.20. The molecule has 0 N–H and O–H groups in total. The number of carboxylic acid groups (broad SMARTS) is 1. The summed E-state index contributed by atoms with van der Waals surface area (Å²) in [4.78, 5) is 10.0. The van der Waals surface area contributed by atoms with Gasteiger partial charge in [-0.25, -0.2) is 0 Å². The molecule has 1 unspecified atom stereocenters. The first-order valence-corrected chi connectivity index (χ1v) is 3.85. The van der Waals surface area contributed by atoms with Gasteiger partial charge in [-0.15, -0.1) is 0 Å². The average molecular weight is 144 g/mol. The largest absolute Gasteiger partial charge is 0.543 e. The SMILES string of the molecule is C[s+]1cc(C(=O)[O-])nn1. The van der Waals surface area contributed by atoms with Crippen molar-refractivity contribution in [2.75, 3.05) is 0 Å². The van der Waals surface area contributed by atoms with E-state index in [1.165, 1.54) is 5.38 Å². The van der Waals surface area contributed by atoms with E-state index in [0.717, 1.165) is 0 Å². The average Bonchev–Trinajstić information content (AvgIpc) is 2.14. The van der Waals surface area contributed by atoms with Gasteiger partial charge in [0.05, 0.1) is 10.5 Å². The zero-order valence-electron chi connectivity index (χ0n) is 4.70. The fourth-order valence-electron chi connectivity index (χ4n) is 0.406. The molecule has 0 aliphatic carbocycles. The Morgan fingerprint density at radius 1 is 1.89 bits per heavy atom. The lowest BCUT2D eigenvalue weighted by Crippen LogP contribution is -2.22. The van der Waals surface area contributed by atoms with Crippen molar-refractivity contribution in [2.45, 2.75) is 0 Å². The predicted octanol–water partition coefficient (Wildman–Crippen LogP) is -0.874. The van der Waals surface area contributed by atoms with E-state index in [2.05, 4.69) is 9.59 Å². The lowest BCUT2D eigenvalue weighted by Gasteiger charge is -1.86. The lowest BCUT2D eigenvalue weighted by molar-refractivity contribution is -0.255. The monoisotopic (exact) mass is 144 g/mol. The van der Waals surface area contributed by atoms with Crippen molar-refractivity contribution in [1.82, 2.24) is 9.59 Å². The number of aromatic nitrogens is 2. The van der Waals surface area contributed by atoms with Crippen molar-refractivity contribution in [3.05, 3.63) is 11.1 Å². The van der Waals surface area contributed by atoms with E-state index in [1.807, 2.05) is 0 Å². The summed E-state index contributed by atoms with van der Waals surface area (Å²) in [5, 5.41) is 14.8. The zero-order chi connectivity index (χ0) is 6.85. The summed E-state index contributed by atoms with van der Waals surface area (Å²) in [6, 6.07) is 0. The third kappa shape index (κ3) is 1.23. The highest BCUT2D eigenvalue weighted by atomic mass is 32.2. The molecule has 0 aliphatic rings. The quantitative estimate of drug-likeness (QED) is 0.480. The molecule has 5 heteroatoms. The number of aromatic carboxylic acids is 1. The van der Waals surface area contributed by atoms with Gasteiger partial charge in [-0.2, -0.15) is 0 Å². The molecule has 1 atom stereocenters. The lowest BCUT2D eigenvalue weighted by atomic mass is 10.5.